The molecular weight excluding hydrogens is 284 g/mol. The molecule has 0 saturated heterocycles. The molecule has 21 heavy (non-hydrogen) atoms. The highest BCUT2D eigenvalue weighted by molar-refractivity contribution is 7.89. The van der Waals surface area contributed by atoms with E-state index in [9.17, 15) is 8.42 Å². The summed E-state index contributed by atoms with van der Waals surface area (Å²) < 4.78 is 23.1. The van der Waals surface area contributed by atoms with Crippen molar-refractivity contribution in [3.63, 3.8) is 0 Å². The quantitative estimate of drug-likeness (QED) is 0.896. The first-order valence-corrected chi connectivity index (χ1v) is 9.22. The lowest BCUT2D eigenvalue weighted by atomic mass is 9.79. The van der Waals surface area contributed by atoms with Gasteiger partial charge in [-0.2, -0.15) is 0 Å². The lowest BCUT2D eigenvalue weighted by Crippen LogP contribution is -2.28. The molecule has 0 aliphatic heterocycles. The molecule has 118 valence electrons. The molecule has 0 radical (unpaired) electrons. The summed E-state index contributed by atoms with van der Waals surface area (Å²) in [5.74, 6) is 1.57. The van der Waals surface area contributed by atoms with Gasteiger partial charge in [0.2, 0.25) is 10.0 Å². The average molecular weight is 310 g/mol. The second-order valence-corrected chi connectivity index (χ2v) is 8.00. The Hall–Kier alpha value is -1.07. The van der Waals surface area contributed by atoms with Gasteiger partial charge in [0.25, 0.3) is 0 Å². The predicted octanol–water partition coefficient (Wildman–Crippen LogP) is 3.27. The van der Waals surface area contributed by atoms with Gasteiger partial charge in [0.05, 0.1) is 4.90 Å². The van der Waals surface area contributed by atoms with Crippen LogP contribution in [0.15, 0.2) is 23.1 Å². The molecule has 1 aromatic carbocycles. The summed E-state index contributed by atoms with van der Waals surface area (Å²) in [6.45, 7) is 6.39. The number of primary sulfonamides is 1. The van der Waals surface area contributed by atoms with Crippen LogP contribution in [0.5, 0.6) is 0 Å². The molecule has 0 atom stereocenters. The van der Waals surface area contributed by atoms with Crippen LogP contribution in [0.3, 0.4) is 0 Å². The highest BCUT2D eigenvalue weighted by Crippen LogP contribution is 2.32. The third kappa shape index (κ3) is 3.98. The van der Waals surface area contributed by atoms with Crippen molar-refractivity contribution in [3.05, 3.63) is 23.8 Å². The summed E-state index contributed by atoms with van der Waals surface area (Å²) in [4.78, 5) is 0.211. The topological polar surface area (TPSA) is 72.2 Å². The van der Waals surface area contributed by atoms with E-state index in [-0.39, 0.29) is 4.90 Å². The van der Waals surface area contributed by atoms with Gasteiger partial charge in [-0.25, -0.2) is 13.6 Å². The third-order valence-corrected chi connectivity index (χ3v) is 5.72. The molecule has 3 N–H and O–H groups in total. The fraction of sp³-hybridized carbons (Fsp3) is 0.625. The first-order chi connectivity index (χ1) is 9.79. The Bertz CT molecular complexity index is 588. The van der Waals surface area contributed by atoms with Crippen LogP contribution in [-0.4, -0.2) is 14.5 Å². The van der Waals surface area contributed by atoms with Crippen molar-refractivity contribution in [2.24, 2.45) is 17.0 Å². The minimum Gasteiger partial charge on any atom is -0.382 e. The van der Waals surface area contributed by atoms with Gasteiger partial charge < -0.3 is 5.32 Å². The van der Waals surface area contributed by atoms with Crippen molar-refractivity contribution in [1.29, 1.82) is 0 Å². The molecule has 0 bridgehead atoms. The van der Waals surface area contributed by atoms with E-state index in [0.29, 0.717) is 11.6 Å². The van der Waals surface area contributed by atoms with E-state index >= 15 is 0 Å². The minimum absolute atomic E-state index is 0.211. The number of rotatable bonds is 4. The molecule has 0 unspecified atom stereocenters. The van der Waals surface area contributed by atoms with Gasteiger partial charge in [-0.05, 0) is 62.1 Å². The number of anilines is 1. The summed E-state index contributed by atoms with van der Waals surface area (Å²) in [5.41, 5.74) is 1.60. The molecular formula is C16H26N2O2S. The summed E-state index contributed by atoms with van der Waals surface area (Å²) in [5, 5.41) is 8.76. The number of hydrogen-bond donors (Lipinski definition) is 2. The van der Waals surface area contributed by atoms with Gasteiger partial charge in [0, 0.05) is 11.7 Å². The Labute approximate surface area is 128 Å². The van der Waals surface area contributed by atoms with Crippen LogP contribution in [0.25, 0.3) is 0 Å². The summed E-state index contributed by atoms with van der Waals surface area (Å²) in [6.07, 6.45) is 4.76. The van der Waals surface area contributed by atoms with Crippen LogP contribution < -0.4 is 10.5 Å². The summed E-state index contributed by atoms with van der Waals surface area (Å²) >= 11 is 0. The Morgan fingerprint density at radius 3 is 2.33 bits per heavy atom. The zero-order valence-corrected chi connectivity index (χ0v) is 13.9. The normalized spacial score (nSPS) is 23.3. The summed E-state index contributed by atoms with van der Waals surface area (Å²) in [7, 11) is -3.66. The van der Waals surface area contributed by atoms with Gasteiger partial charge in [-0.3, -0.25) is 0 Å². The highest BCUT2D eigenvalue weighted by Gasteiger charge is 2.24. The number of benzene rings is 1. The van der Waals surface area contributed by atoms with E-state index < -0.39 is 10.0 Å². The molecule has 0 spiro atoms. The molecule has 5 heteroatoms. The maximum absolute atomic E-state index is 11.6. The van der Waals surface area contributed by atoms with E-state index in [1.165, 1.54) is 12.8 Å². The van der Waals surface area contributed by atoms with Crippen LogP contribution in [0.1, 0.15) is 45.1 Å². The van der Waals surface area contributed by atoms with Crippen LogP contribution in [0.4, 0.5) is 5.69 Å². The van der Waals surface area contributed by atoms with Crippen molar-refractivity contribution in [2.75, 3.05) is 5.32 Å². The second kappa shape index (κ2) is 6.36. The molecule has 1 fully saturated rings. The van der Waals surface area contributed by atoms with Gasteiger partial charge in [-0.15, -0.1) is 0 Å². The first kappa shape index (κ1) is 16.3. The van der Waals surface area contributed by atoms with E-state index in [4.69, 9.17) is 5.14 Å². The fourth-order valence-corrected chi connectivity index (χ4v) is 4.03. The largest absolute Gasteiger partial charge is 0.382 e. The molecule has 0 aromatic heterocycles. The standard InChI is InChI=1S/C16H26N2O2S/c1-11(2)13-7-9-14(10-8-13)18-15-5-4-6-16(12(15)3)21(17,19)20/h4-6,11,13-14,18H,7-10H2,1-3H3,(H2,17,19,20). The van der Waals surface area contributed by atoms with Crippen molar-refractivity contribution in [1.82, 2.24) is 0 Å². The van der Waals surface area contributed by atoms with Gasteiger partial charge in [0.15, 0.2) is 0 Å². The number of hydrogen-bond acceptors (Lipinski definition) is 3. The molecule has 0 amide bonds. The van der Waals surface area contributed by atoms with Gasteiger partial charge in [0.1, 0.15) is 0 Å². The van der Waals surface area contributed by atoms with Crippen LogP contribution in [0.2, 0.25) is 0 Å². The molecule has 4 nitrogen and oxygen atoms in total. The molecule has 0 heterocycles. The maximum atomic E-state index is 11.6. The van der Waals surface area contributed by atoms with Crippen molar-refractivity contribution in [2.45, 2.75) is 57.4 Å². The number of sulfonamides is 1. The first-order valence-electron chi connectivity index (χ1n) is 7.68. The molecule has 1 aliphatic carbocycles. The summed E-state index contributed by atoms with van der Waals surface area (Å²) in [6, 6.07) is 5.66. The molecule has 2 rings (SSSR count). The predicted molar refractivity (Wildman–Crippen MR) is 86.8 cm³/mol. The van der Waals surface area contributed by atoms with Gasteiger partial charge in [-0.1, -0.05) is 19.9 Å². The van der Waals surface area contributed by atoms with Crippen molar-refractivity contribution >= 4 is 15.7 Å². The fourth-order valence-electron chi connectivity index (χ4n) is 3.23. The Morgan fingerprint density at radius 2 is 1.81 bits per heavy atom. The molecule has 1 aliphatic rings. The highest BCUT2D eigenvalue weighted by atomic mass is 32.2. The zero-order valence-electron chi connectivity index (χ0n) is 13.1. The average Bonchev–Trinajstić information content (AvgIpc) is 2.40. The third-order valence-electron chi connectivity index (χ3n) is 4.66. The molecule has 1 aromatic rings. The number of nitrogens with two attached hydrogens (primary N) is 1. The lowest BCUT2D eigenvalue weighted by Gasteiger charge is -2.32. The van der Waals surface area contributed by atoms with E-state index in [1.54, 1.807) is 12.1 Å². The Morgan fingerprint density at radius 1 is 1.19 bits per heavy atom. The minimum atomic E-state index is -3.66. The second-order valence-electron chi connectivity index (χ2n) is 6.47. The molecule has 1 saturated carbocycles. The van der Waals surface area contributed by atoms with Crippen molar-refractivity contribution < 1.29 is 8.42 Å². The van der Waals surface area contributed by atoms with Crippen LogP contribution >= 0.6 is 0 Å². The number of nitrogens with one attached hydrogen (secondary N) is 1. The zero-order chi connectivity index (χ0) is 15.6. The van der Waals surface area contributed by atoms with E-state index in [2.05, 4.69) is 19.2 Å². The monoisotopic (exact) mass is 310 g/mol. The van der Waals surface area contributed by atoms with Crippen molar-refractivity contribution in [3.8, 4) is 0 Å². The van der Waals surface area contributed by atoms with E-state index in [1.807, 2.05) is 13.0 Å². The van der Waals surface area contributed by atoms with E-state index in [0.717, 1.165) is 30.4 Å². The smallest absolute Gasteiger partial charge is 0.238 e. The van der Waals surface area contributed by atoms with Crippen LogP contribution in [-0.2, 0) is 10.0 Å². The SMILES string of the molecule is Cc1c(NC2CCC(C(C)C)CC2)cccc1S(N)(=O)=O. The van der Waals surface area contributed by atoms with Gasteiger partial charge >= 0.3 is 0 Å². The maximum Gasteiger partial charge on any atom is 0.238 e. The lowest BCUT2D eigenvalue weighted by molar-refractivity contribution is 0.267. The Balaban J connectivity index is 2.08. The van der Waals surface area contributed by atoms with Crippen LogP contribution in [0, 0.1) is 18.8 Å². The Kier molecular flexibility index (Phi) is 4.94.